The Bertz CT molecular complexity index is 4220. The van der Waals surface area contributed by atoms with Crippen molar-refractivity contribution < 1.29 is 57.1 Å². The molecule has 5 aromatic carbocycles. The molecule has 504 valence electrons. The molecule has 99 heavy (non-hydrogen) atoms. The summed E-state index contributed by atoms with van der Waals surface area (Å²) in [7, 11) is 0. The quantitative estimate of drug-likeness (QED) is 0.0367. The van der Waals surface area contributed by atoms with E-state index in [1.807, 2.05) is 245 Å². The molecule has 0 N–H and O–H groups in total. The van der Waals surface area contributed by atoms with Gasteiger partial charge < -0.3 is 37.9 Å². The lowest BCUT2D eigenvalue weighted by molar-refractivity contribution is 0.0462. The Labute approximate surface area is 585 Å². The fourth-order valence-corrected chi connectivity index (χ4v) is 11.0. The third-order valence-electron chi connectivity index (χ3n) is 14.5. The minimum Gasteiger partial charge on any atom is -0.494 e. The molecule has 11 aromatic rings. The molecule has 0 saturated heterocycles. The highest BCUT2D eigenvalue weighted by atomic mass is 32.1. The molecule has 0 unspecified atom stereocenters. The number of allylic oxidation sites excluding steroid dienone is 2. The lowest BCUT2D eigenvalue weighted by Crippen LogP contribution is -2.10. The molecule has 0 atom stereocenters. The fourth-order valence-electron chi connectivity index (χ4n) is 9.57. The second kappa shape index (κ2) is 39.0. The zero-order chi connectivity index (χ0) is 69.2. The molecule has 0 fully saturated rings. The molecule has 6 aromatic heterocycles. The molecule has 1 aliphatic carbocycles. The normalized spacial score (nSPS) is 11.0. The van der Waals surface area contributed by atoms with Gasteiger partial charge in [0.15, 0.2) is 0 Å². The summed E-state index contributed by atoms with van der Waals surface area (Å²) in [5.74, 6) is 1.61. The Kier molecular flexibility index (Phi) is 28.4. The number of ether oxygens (including phenoxy) is 8. The van der Waals surface area contributed by atoms with Crippen LogP contribution < -0.4 is 18.9 Å². The van der Waals surface area contributed by atoms with Gasteiger partial charge in [0.1, 0.15) is 59.0 Å². The number of aromatic nitrogens is 4. The van der Waals surface area contributed by atoms with E-state index in [2.05, 4.69) is 25.3 Å². The van der Waals surface area contributed by atoms with E-state index < -0.39 is 23.9 Å². The van der Waals surface area contributed by atoms with Gasteiger partial charge in [-0.1, -0.05) is 78.9 Å². The van der Waals surface area contributed by atoms with Crippen LogP contribution in [0.15, 0.2) is 258 Å². The number of hydrogen-bond donors (Lipinski definition) is 0. The minimum absolute atomic E-state index is 0.231. The van der Waals surface area contributed by atoms with Gasteiger partial charge in [-0.3, -0.25) is 0 Å². The molecular formula is C81H76N4O12S2. The second-order valence-corrected chi connectivity index (χ2v) is 23.3. The predicted octanol–water partition coefficient (Wildman–Crippen LogP) is 17.9. The second-order valence-electron chi connectivity index (χ2n) is 21.5. The molecule has 1 aliphatic rings. The van der Waals surface area contributed by atoms with Crippen LogP contribution in [0.5, 0.6) is 23.0 Å². The standard InChI is InChI=1S/C21H19NO3.2C20H19NO3S.C20H19NO3/c1-2-24-18-13-11-17(12-14-18)19-9-6-10-20(22-19)21(23)25-15-16-7-4-3-5-8-16;1-2-23-16-10-8-15(9-11-16)18-6-3-7-19(21-18)20(22)24-13-12-17-5-4-14-25-17;1-2-23-17-8-6-16(7-9-17)18-4-3-5-19(21-18)20(22)24-12-10-15-11-13-25-14-15;1-2-23-17-12-10-16(11-13-17)18-8-5-9-19(21-18)20(22)24-14-15-6-3-4-7-15/h3-14H,2,15H2,1H3;3-11,14H,2,12-13H2,1H3;3-9,11,13-14H,2,10,12H2,1H3;3,5-13H,2,4,14H2,1H3. The summed E-state index contributed by atoms with van der Waals surface area (Å²) < 4.78 is 43.1. The number of carbonyl (C=O) groups is 4. The molecule has 12 rings (SSSR count). The van der Waals surface area contributed by atoms with E-state index in [0.717, 1.165) is 92.0 Å². The molecule has 16 nitrogen and oxygen atoms in total. The van der Waals surface area contributed by atoms with Crippen molar-refractivity contribution in [2.75, 3.05) is 46.2 Å². The van der Waals surface area contributed by atoms with Crippen LogP contribution in [-0.2, 0) is 38.4 Å². The first-order valence-corrected chi connectivity index (χ1v) is 34.3. The van der Waals surface area contributed by atoms with Crippen molar-refractivity contribution in [1.82, 2.24) is 19.9 Å². The maximum Gasteiger partial charge on any atom is 0.357 e. The number of pyridine rings is 4. The van der Waals surface area contributed by atoms with E-state index >= 15 is 0 Å². The molecule has 0 saturated carbocycles. The van der Waals surface area contributed by atoms with Crippen LogP contribution >= 0.6 is 22.7 Å². The SMILES string of the molecule is CCOc1ccc(-c2cccc(C(=O)OCC3=CCC=C3)n2)cc1.CCOc1ccc(-c2cccc(C(=O)OCCc3cccs3)n2)cc1.CCOc1ccc(-c2cccc(C(=O)OCCc3ccsc3)n2)cc1.CCOc1ccc(-c2cccc(C(=O)OCc3ccccc3)n2)cc1. The molecule has 18 heteroatoms. The number of carbonyl (C=O) groups excluding carboxylic acids is 4. The summed E-state index contributed by atoms with van der Waals surface area (Å²) in [5.41, 5.74) is 11.0. The van der Waals surface area contributed by atoms with Crippen LogP contribution in [0, 0.1) is 0 Å². The maximum atomic E-state index is 12.2. The van der Waals surface area contributed by atoms with E-state index in [9.17, 15) is 19.2 Å². The van der Waals surface area contributed by atoms with Crippen molar-refractivity contribution in [2.24, 2.45) is 0 Å². The fraction of sp³-hybridized carbons (Fsp3) is 0.185. The highest BCUT2D eigenvalue weighted by molar-refractivity contribution is 7.09. The molecule has 0 spiro atoms. The van der Waals surface area contributed by atoms with Gasteiger partial charge in [0.25, 0.3) is 0 Å². The van der Waals surface area contributed by atoms with Gasteiger partial charge >= 0.3 is 23.9 Å². The van der Waals surface area contributed by atoms with Gasteiger partial charge in [-0.15, -0.1) is 11.3 Å². The zero-order valence-corrected chi connectivity index (χ0v) is 57.2. The Balaban J connectivity index is 0.000000154. The average molecular weight is 1360 g/mol. The first kappa shape index (κ1) is 71.9. The van der Waals surface area contributed by atoms with E-state index in [-0.39, 0.29) is 13.2 Å². The van der Waals surface area contributed by atoms with Crippen LogP contribution in [0.4, 0.5) is 0 Å². The number of benzene rings is 5. The van der Waals surface area contributed by atoms with Gasteiger partial charge in [-0.25, -0.2) is 39.1 Å². The zero-order valence-electron chi connectivity index (χ0n) is 55.5. The number of hydrogen-bond acceptors (Lipinski definition) is 18. The van der Waals surface area contributed by atoms with Gasteiger partial charge in [0, 0.05) is 40.0 Å². The first-order valence-electron chi connectivity index (χ1n) is 32.5. The van der Waals surface area contributed by atoms with Crippen LogP contribution in [0.2, 0.25) is 0 Å². The Hall–Kier alpha value is -11.3. The van der Waals surface area contributed by atoms with E-state index in [1.54, 1.807) is 53.0 Å². The third-order valence-corrected chi connectivity index (χ3v) is 16.1. The van der Waals surface area contributed by atoms with Crippen LogP contribution in [0.3, 0.4) is 0 Å². The summed E-state index contributed by atoms with van der Waals surface area (Å²) in [4.78, 5) is 67.7. The monoisotopic (exact) mass is 1360 g/mol. The molecule has 0 amide bonds. The van der Waals surface area contributed by atoms with Crippen molar-refractivity contribution in [3.8, 4) is 68.0 Å². The van der Waals surface area contributed by atoms with Crippen LogP contribution in [0.25, 0.3) is 45.0 Å². The highest BCUT2D eigenvalue weighted by Crippen LogP contribution is 2.26. The summed E-state index contributed by atoms with van der Waals surface area (Å²) in [6.45, 7) is 11.5. The molecule has 0 aliphatic heterocycles. The van der Waals surface area contributed by atoms with Gasteiger partial charge in [-0.05, 0) is 225 Å². The van der Waals surface area contributed by atoms with E-state index in [4.69, 9.17) is 37.9 Å². The first-order chi connectivity index (χ1) is 48.5. The lowest BCUT2D eigenvalue weighted by atomic mass is 10.1. The Morgan fingerprint density at radius 3 is 1.12 bits per heavy atom. The van der Waals surface area contributed by atoms with Crippen molar-refractivity contribution in [3.63, 3.8) is 0 Å². The summed E-state index contributed by atoms with van der Waals surface area (Å²) in [5, 5.41) is 6.08. The number of esters is 4. The molecule has 6 heterocycles. The number of rotatable bonds is 26. The Morgan fingerprint density at radius 2 is 0.768 bits per heavy atom. The van der Waals surface area contributed by atoms with Crippen molar-refractivity contribution >= 4 is 46.6 Å². The third kappa shape index (κ3) is 23.2. The van der Waals surface area contributed by atoms with Crippen LogP contribution in [0.1, 0.15) is 92.1 Å². The van der Waals surface area contributed by atoms with Crippen molar-refractivity contribution in [2.45, 2.75) is 53.6 Å². The number of nitrogens with zero attached hydrogens (tertiary/aromatic N) is 4. The molecular weight excluding hydrogens is 1290 g/mol. The van der Waals surface area contributed by atoms with Crippen molar-refractivity contribution in [1.29, 1.82) is 0 Å². The summed E-state index contributed by atoms with van der Waals surface area (Å²) in [6, 6.07) is 67.6. The van der Waals surface area contributed by atoms with Gasteiger partial charge in [0.05, 0.1) is 62.4 Å². The molecule has 0 bridgehead atoms. The topological polar surface area (TPSA) is 194 Å². The van der Waals surface area contributed by atoms with Gasteiger partial charge in [0.2, 0.25) is 0 Å². The number of thiophene rings is 2. The van der Waals surface area contributed by atoms with Crippen LogP contribution in [-0.4, -0.2) is 90.1 Å². The summed E-state index contributed by atoms with van der Waals surface area (Å²) >= 11 is 3.29. The minimum atomic E-state index is -0.434. The van der Waals surface area contributed by atoms with Crippen molar-refractivity contribution in [3.05, 3.63) is 297 Å². The van der Waals surface area contributed by atoms with E-state index in [1.165, 1.54) is 10.4 Å². The Morgan fingerprint density at radius 1 is 0.374 bits per heavy atom. The molecule has 0 radical (unpaired) electrons. The average Bonchev–Trinajstić information content (AvgIpc) is 1.99. The predicted molar refractivity (Wildman–Crippen MR) is 388 cm³/mol. The smallest absolute Gasteiger partial charge is 0.357 e. The maximum absolute atomic E-state index is 12.2. The highest BCUT2D eigenvalue weighted by Gasteiger charge is 2.16. The largest absolute Gasteiger partial charge is 0.494 e. The summed E-state index contributed by atoms with van der Waals surface area (Å²) in [6.07, 6.45) is 8.39. The van der Waals surface area contributed by atoms with Gasteiger partial charge in [-0.2, -0.15) is 11.3 Å². The van der Waals surface area contributed by atoms with E-state index in [0.29, 0.717) is 68.8 Å². The lowest BCUT2D eigenvalue weighted by Gasteiger charge is -2.07.